The second kappa shape index (κ2) is 4.75. The van der Waals surface area contributed by atoms with E-state index in [9.17, 15) is 4.79 Å². The predicted octanol–water partition coefficient (Wildman–Crippen LogP) is 0.0156. The van der Waals surface area contributed by atoms with Gasteiger partial charge < -0.3 is 15.7 Å². The molecule has 14 heavy (non-hydrogen) atoms. The van der Waals surface area contributed by atoms with Crippen molar-refractivity contribution < 1.29 is 9.90 Å². The zero-order valence-electron chi connectivity index (χ0n) is 8.97. The summed E-state index contributed by atoms with van der Waals surface area (Å²) >= 11 is 0. The van der Waals surface area contributed by atoms with Crippen LogP contribution in [0.1, 0.15) is 33.1 Å². The van der Waals surface area contributed by atoms with Gasteiger partial charge in [0.25, 0.3) is 0 Å². The van der Waals surface area contributed by atoms with Gasteiger partial charge in [0.2, 0.25) is 5.91 Å². The summed E-state index contributed by atoms with van der Waals surface area (Å²) in [4.78, 5) is 11.3. The van der Waals surface area contributed by atoms with Crippen molar-refractivity contribution in [2.75, 3.05) is 13.2 Å². The Balaban J connectivity index is 2.19. The van der Waals surface area contributed by atoms with Crippen LogP contribution in [0.4, 0.5) is 0 Å². The van der Waals surface area contributed by atoms with Gasteiger partial charge in [0.05, 0.1) is 13.2 Å². The highest BCUT2D eigenvalue weighted by molar-refractivity contribution is 5.78. The van der Waals surface area contributed by atoms with Crippen LogP contribution in [0.25, 0.3) is 0 Å². The Bertz CT molecular complexity index is 198. The lowest BCUT2D eigenvalue weighted by molar-refractivity contribution is -0.120. The zero-order valence-corrected chi connectivity index (χ0v) is 8.97. The lowest BCUT2D eigenvalue weighted by Crippen LogP contribution is -2.49. The molecule has 1 rings (SSSR count). The van der Waals surface area contributed by atoms with Crippen molar-refractivity contribution in [1.82, 2.24) is 10.6 Å². The second-order valence-electron chi connectivity index (χ2n) is 4.27. The first-order valence-corrected chi connectivity index (χ1v) is 5.25. The van der Waals surface area contributed by atoms with Crippen LogP contribution >= 0.6 is 0 Å². The summed E-state index contributed by atoms with van der Waals surface area (Å²) in [6.07, 6.45) is 3.02. The van der Waals surface area contributed by atoms with Gasteiger partial charge in [0, 0.05) is 11.6 Å². The average Bonchev–Trinajstić information content (AvgIpc) is 2.98. The molecule has 0 heterocycles. The summed E-state index contributed by atoms with van der Waals surface area (Å²) < 4.78 is 0. The van der Waals surface area contributed by atoms with E-state index < -0.39 is 0 Å². The fourth-order valence-electron chi connectivity index (χ4n) is 1.09. The van der Waals surface area contributed by atoms with Crippen molar-refractivity contribution in [3.63, 3.8) is 0 Å². The number of aliphatic hydroxyl groups excluding tert-OH is 1. The van der Waals surface area contributed by atoms with Gasteiger partial charge in [-0.05, 0) is 26.2 Å². The van der Waals surface area contributed by atoms with Gasteiger partial charge in [-0.3, -0.25) is 4.79 Å². The van der Waals surface area contributed by atoms with E-state index in [1.54, 1.807) is 0 Å². The Morgan fingerprint density at radius 1 is 1.57 bits per heavy atom. The normalized spacial score (nSPS) is 20.2. The monoisotopic (exact) mass is 200 g/mol. The fraction of sp³-hybridized carbons (Fsp3) is 0.900. The van der Waals surface area contributed by atoms with Crippen molar-refractivity contribution in [3.8, 4) is 0 Å². The van der Waals surface area contributed by atoms with Gasteiger partial charge in [0.1, 0.15) is 0 Å². The van der Waals surface area contributed by atoms with Crippen LogP contribution in [0.5, 0.6) is 0 Å². The molecule has 0 aliphatic heterocycles. The summed E-state index contributed by atoms with van der Waals surface area (Å²) in [6.45, 7) is 4.25. The van der Waals surface area contributed by atoms with Crippen LogP contribution in [0, 0.1) is 0 Å². The second-order valence-corrected chi connectivity index (χ2v) is 4.27. The number of carbonyl (C=O) groups is 1. The number of amides is 1. The number of rotatable bonds is 6. The molecule has 0 aromatic heterocycles. The Hall–Kier alpha value is -0.610. The van der Waals surface area contributed by atoms with Crippen molar-refractivity contribution in [1.29, 1.82) is 0 Å². The average molecular weight is 200 g/mol. The Kier molecular flexibility index (Phi) is 3.89. The molecule has 1 atom stereocenters. The molecule has 1 aliphatic carbocycles. The maximum Gasteiger partial charge on any atom is 0.234 e. The molecule has 0 radical (unpaired) electrons. The van der Waals surface area contributed by atoms with Crippen molar-refractivity contribution in [3.05, 3.63) is 0 Å². The van der Waals surface area contributed by atoms with E-state index in [0.29, 0.717) is 12.6 Å². The smallest absolute Gasteiger partial charge is 0.234 e. The molecule has 1 aliphatic rings. The fourth-order valence-corrected chi connectivity index (χ4v) is 1.09. The van der Waals surface area contributed by atoms with Gasteiger partial charge in [-0.2, -0.15) is 0 Å². The summed E-state index contributed by atoms with van der Waals surface area (Å²) in [7, 11) is 0. The predicted molar refractivity (Wildman–Crippen MR) is 54.9 cm³/mol. The van der Waals surface area contributed by atoms with E-state index in [0.717, 1.165) is 19.3 Å². The Labute approximate surface area is 85.1 Å². The molecule has 0 bridgehead atoms. The number of aliphatic hydroxyl groups is 1. The van der Waals surface area contributed by atoms with Crippen LogP contribution in [0.2, 0.25) is 0 Å². The number of hydrogen-bond donors (Lipinski definition) is 3. The summed E-state index contributed by atoms with van der Waals surface area (Å²) in [5.74, 6) is 0.0284. The highest BCUT2D eigenvalue weighted by atomic mass is 16.3. The van der Waals surface area contributed by atoms with Crippen molar-refractivity contribution in [2.24, 2.45) is 0 Å². The molecule has 82 valence electrons. The number of hydrogen-bond acceptors (Lipinski definition) is 3. The highest BCUT2D eigenvalue weighted by Crippen LogP contribution is 2.18. The largest absolute Gasteiger partial charge is 0.394 e. The van der Waals surface area contributed by atoms with E-state index in [4.69, 9.17) is 5.11 Å². The van der Waals surface area contributed by atoms with Crippen LogP contribution < -0.4 is 10.6 Å². The van der Waals surface area contributed by atoms with Crippen LogP contribution in [-0.4, -0.2) is 35.7 Å². The maximum atomic E-state index is 11.3. The Morgan fingerprint density at radius 2 is 2.21 bits per heavy atom. The molecule has 0 spiro atoms. The van der Waals surface area contributed by atoms with Crippen molar-refractivity contribution >= 4 is 5.91 Å². The summed E-state index contributed by atoms with van der Waals surface area (Å²) in [6, 6.07) is 0.409. The molecular formula is C10H20N2O2. The first-order chi connectivity index (χ1) is 6.59. The van der Waals surface area contributed by atoms with Crippen LogP contribution in [0.15, 0.2) is 0 Å². The standard InChI is InChI=1S/C10H20N2O2/c1-3-10(2,7-13)11-6-9(14)12-8-4-5-8/h8,11,13H,3-7H2,1-2H3,(H,12,14). The van der Waals surface area contributed by atoms with Gasteiger partial charge in [0.15, 0.2) is 0 Å². The van der Waals surface area contributed by atoms with Crippen LogP contribution in [-0.2, 0) is 4.79 Å². The number of carbonyl (C=O) groups excluding carboxylic acids is 1. The Morgan fingerprint density at radius 3 is 2.64 bits per heavy atom. The highest BCUT2D eigenvalue weighted by Gasteiger charge is 2.25. The van der Waals surface area contributed by atoms with E-state index in [1.807, 2.05) is 13.8 Å². The summed E-state index contributed by atoms with van der Waals surface area (Å²) in [5.41, 5.74) is -0.332. The van der Waals surface area contributed by atoms with Gasteiger partial charge in [-0.15, -0.1) is 0 Å². The molecule has 3 N–H and O–H groups in total. The van der Waals surface area contributed by atoms with E-state index in [2.05, 4.69) is 10.6 Å². The van der Waals surface area contributed by atoms with E-state index >= 15 is 0 Å². The molecule has 0 aromatic carbocycles. The van der Waals surface area contributed by atoms with Gasteiger partial charge in [-0.1, -0.05) is 6.92 Å². The third-order valence-corrected chi connectivity index (χ3v) is 2.75. The molecule has 4 heteroatoms. The minimum atomic E-state index is -0.332. The maximum absolute atomic E-state index is 11.3. The topological polar surface area (TPSA) is 61.4 Å². The zero-order chi connectivity index (χ0) is 10.6. The van der Waals surface area contributed by atoms with Gasteiger partial charge in [-0.25, -0.2) is 0 Å². The first-order valence-electron chi connectivity index (χ1n) is 5.25. The van der Waals surface area contributed by atoms with Crippen LogP contribution in [0.3, 0.4) is 0 Å². The first kappa shape index (κ1) is 11.5. The number of nitrogens with one attached hydrogen (secondary N) is 2. The lowest BCUT2D eigenvalue weighted by Gasteiger charge is -2.26. The SMILES string of the molecule is CCC(C)(CO)NCC(=O)NC1CC1. The third kappa shape index (κ3) is 3.64. The van der Waals surface area contributed by atoms with E-state index in [1.165, 1.54) is 0 Å². The van der Waals surface area contributed by atoms with Gasteiger partial charge >= 0.3 is 0 Å². The van der Waals surface area contributed by atoms with Crippen molar-refractivity contribution in [2.45, 2.75) is 44.7 Å². The summed E-state index contributed by atoms with van der Waals surface area (Å²) in [5, 5.41) is 15.1. The molecule has 1 fully saturated rings. The molecule has 1 amide bonds. The molecule has 4 nitrogen and oxygen atoms in total. The molecule has 0 aromatic rings. The minimum absolute atomic E-state index is 0.0284. The quantitative estimate of drug-likeness (QED) is 0.566. The minimum Gasteiger partial charge on any atom is -0.394 e. The molecular weight excluding hydrogens is 180 g/mol. The molecule has 1 saturated carbocycles. The molecule has 0 saturated heterocycles. The third-order valence-electron chi connectivity index (χ3n) is 2.75. The van der Waals surface area contributed by atoms with E-state index in [-0.39, 0.29) is 18.1 Å². The molecule has 1 unspecified atom stereocenters. The lowest BCUT2D eigenvalue weighted by atomic mass is 10.0.